The molecule has 1 aliphatic carbocycles. The number of hydrogen-bond donors (Lipinski definition) is 0. The lowest BCUT2D eigenvalue weighted by Gasteiger charge is -2.09. The topological polar surface area (TPSA) is 0 Å². The summed E-state index contributed by atoms with van der Waals surface area (Å²) < 4.78 is 0. The minimum absolute atomic E-state index is 1.14. The Labute approximate surface area is 139 Å². The minimum Gasteiger partial charge on any atom is -0.0705 e. The average Bonchev–Trinajstić information content (AvgIpc) is 2.58. The molecule has 2 aromatic rings. The van der Waals surface area contributed by atoms with E-state index in [1.165, 1.54) is 61.6 Å². The highest BCUT2D eigenvalue weighted by atomic mass is 14.1. The van der Waals surface area contributed by atoms with Crippen LogP contribution < -0.4 is 0 Å². The zero-order valence-electron chi connectivity index (χ0n) is 13.7. The monoisotopic (exact) mass is 300 g/mol. The lowest BCUT2D eigenvalue weighted by molar-refractivity contribution is 0.569. The summed E-state index contributed by atoms with van der Waals surface area (Å²) in [5, 5.41) is 0. The number of rotatable bonds is 2. The van der Waals surface area contributed by atoms with Crippen LogP contribution in [0, 0.1) is 0 Å². The van der Waals surface area contributed by atoms with E-state index in [2.05, 4.69) is 72.1 Å². The first-order chi connectivity index (χ1) is 11.4. The van der Waals surface area contributed by atoms with E-state index >= 15 is 0 Å². The molecule has 0 spiro atoms. The van der Waals surface area contributed by atoms with Crippen molar-refractivity contribution in [1.29, 1.82) is 0 Å². The summed E-state index contributed by atoms with van der Waals surface area (Å²) in [7, 11) is 0. The van der Waals surface area contributed by atoms with Gasteiger partial charge in [-0.2, -0.15) is 0 Å². The molecule has 0 unspecified atom stereocenters. The first-order valence-electron chi connectivity index (χ1n) is 8.78. The molecule has 0 aliphatic heterocycles. The van der Waals surface area contributed by atoms with Gasteiger partial charge in [-0.1, -0.05) is 91.4 Å². The van der Waals surface area contributed by atoms with Gasteiger partial charge < -0.3 is 0 Å². The van der Waals surface area contributed by atoms with Crippen LogP contribution in [0.4, 0.5) is 0 Å². The Balaban J connectivity index is 2.05. The first-order valence-corrected chi connectivity index (χ1v) is 8.78. The van der Waals surface area contributed by atoms with Gasteiger partial charge in [0.25, 0.3) is 0 Å². The van der Waals surface area contributed by atoms with Crippen LogP contribution >= 0.6 is 0 Å². The molecule has 0 heterocycles. The van der Waals surface area contributed by atoms with Gasteiger partial charge in [0.15, 0.2) is 0 Å². The van der Waals surface area contributed by atoms with Crippen LogP contribution in [0.3, 0.4) is 0 Å². The Morgan fingerprint density at radius 3 is 1.61 bits per heavy atom. The molecule has 2 aromatic carbocycles. The van der Waals surface area contributed by atoms with Crippen molar-refractivity contribution in [2.45, 2.75) is 44.9 Å². The van der Waals surface area contributed by atoms with Crippen LogP contribution in [-0.2, 0) is 0 Å². The largest absolute Gasteiger partial charge is 0.0705 e. The summed E-state index contributed by atoms with van der Waals surface area (Å²) in [4.78, 5) is 0. The highest BCUT2D eigenvalue weighted by molar-refractivity contribution is 5.79. The number of allylic oxidation sites excluding steroid dienone is 1. The molecule has 0 bridgehead atoms. The van der Waals surface area contributed by atoms with Gasteiger partial charge in [-0.25, -0.2) is 0 Å². The average molecular weight is 300 g/mol. The van der Waals surface area contributed by atoms with Crippen molar-refractivity contribution in [2.24, 2.45) is 0 Å². The molecular weight excluding hydrogens is 276 g/mol. The molecule has 1 fully saturated rings. The fourth-order valence-corrected chi connectivity index (χ4v) is 3.13. The van der Waals surface area contributed by atoms with Crippen molar-refractivity contribution >= 4 is 5.57 Å². The summed E-state index contributed by atoms with van der Waals surface area (Å²) in [5.74, 6) is 0. The molecule has 116 valence electrons. The first kappa shape index (κ1) is 15.6. The molecule has 23 heavy (non-hydrogen) atoms. The molecule has 0 radical (unpaired) electrons. The van der Waals surface area contributed by atoms with Gasteiger partial charge in [-0.15, -0.1) is 0 Å². The fraction of sp³-hybridized carbons (Fsp3) is 0.304. The lowest BCUT2D eigenvalue weighted by Crippen LogP contribution is -1.90. The van der Waals surface area contributed by atoms with Crippen LogP contribution in [0.2, 0.25) is 0 Å². The van der Waals surface area contributed by atoms with Gasteiger partial charge in [0.1, 0.15) is 0 Å². The Morgan fingerprint density at radius 2 is 1.09 bits per heavy atom. The number of benzene rings is 2. The van der Waals surface area contributed by atoms with Crippen LogP contribution in [0.15, 0.2) is 77.7 Å². The third-order valence-electron chi connectivity index (χ3n) is 4.45. The third kappa shape index (κ3) is 4.60. The van der Waals surface area contributed by atoms with Crippen LogP contribution in [-0.4, -0.2) is 0 Å². The standard InChI is InChI=1S/C23H24/c1-2-6-12-20(13-7-3-1)18-19-23(21-14-8-4-9-15-21)22-16-10-5-11-17-22/h4-5,8-11,14-17H,1-3,6-7,12-13H2. The van der Waals surface area contributed by atoms with Crippen molar-refractivity contribution in [3.05, 3.63) is 88.8 Å². The van der Waals surface area contributed by atoms with E-state index in [9.17, 15) is 0 Å². The maximum atomic E-state index is 3.52. The second-order valence-corrected chi connectivity index (χ2v) is 6.23. The van der Waals surface area contributed by atoms with Crippen LogP contribution in [0.25, 0.3) is 5.57 Å². The summed E-state index contributed by atoms with van der Waals surface area (Å²) in [5.41, 5.74) is 12.0. The molecule has 0 N–H and O–H groups in total. The highest BCUT2D eigenvalue weighted by Gasteiger charge is 2.04. The van der Waals surface area contributed by atoms with Gasteiger partial charge >= 0.3 is 0 Å². The third-order valence-corrected chi connectivity index (χ3v) is 4.45. The van der Waals surface area contributed by atoms with Crippen molar-refractivity contribution in [3.63, 3.8) is 0 Å². The lowest BCUT2D eigenvalue weighted by atomic mass is 9.96. The van der Waals surface area contributed by atoms with Crippen molar-refractivity contribution in [2.75, 3.05) is 0 Å². The predicted octanol–water partition coefficient (Wildman–Crippen LogP) is 6.54. The molecule has 1 saturated carbocycles. The molecule has 0 aromatic heterocycles. The maximum Gasteiger partial charge on any atom is 0.0393 e. The molecule has 1 aliphatic rings. The van der Waals surface area contributed by atoms with E-state index < -0.39 is 0 Å². The minimum atomic E-state index is 1.14. The van der Waals surface area contributed by atoms with Gasteiger partial charge in [0.2, 0.25) is 0 Å². The summed E-state index contributed by atoms with van der Waals surface area (Å²) >= 11 is 0. The second-order valence-electron chi connectivity index (χ2n) is 6.23. The van der Waals surface area contributed by atoms with Gasteiger partial charge in [0.05, 0.1) is 0 Å². The molecule has 0 nitrogen and oxygen atoms in total. The number of hydrogen-bond acceptors (Lipinski definition) is 0. The molecule has 3 rings (SSSR count). The fourth-order valence-electron chi connectivity index (χ4n) is 3.13. The van der Waals surface area contributed by atoms with E-state index in [0.717, 1.165) is 5.57 Å². The highest BCUT2D eigenvalue weighted by Crippen LogP contribution is 2.23. The van der Waals surface area contributed by atoms with Crippen LogP contribution in [0.5, 0.6) is 0 Å². The van der Waals surface area contributed by atoms with Crippen LogP contribution in [0.1, 0.15) is 56.1 Å². The smallest absolute Gasteiger partial charge is 0.0393 e. The van der Waals surface area contributed by atoms with Crippen molar-refractivity contribution in [1.82, 2.24) is 0 Å². The van der Waals surface area contributed by atoms with Gasteiger partial charge in [0, 0.05) is 5.57 Å². The van der Waals surface area contributed by atoms with E-state index in [1.54, 1.807) is 0 Å². The van der Waals surface area contributed by atoms with E-state index in [-0.39, 0.29) is 0 Å². The zero-order valence-corrected chi connectivity index (χ0v) is 13.7. The SMILES string of the molecule is C(=C=C(c1ccccc1)c1ccccc1)=C1CCCCCCC1. The predicted molar refractivity (Wildman–Crippen MR) is 98.3 cm³/mol. The Hall–Kier alpha value is -2.26. The Kier molecular flexibility index (Phi) is 5.70. The normalized spacial score (nSPS) is 15.0. The van der Waals surface area contributed by atoms with Crippen molar-refractivity contribution < 1.29 is 0 Å². The van der Waals surface area contributed by atoms with Gasteiger partial charge in [-0.3, -0.25) is 0 Å². The zero-order chi connectivity index (χ0) is 15.7. The summed E-state index contributed by atoms with van der Waals surface area (Å²) in [6, 6.07) is 21.1. The molecule has 0 saturated heterocycles. The Morgan fingerprint density at radius 1 is 0.609 bits per heavy atom. The Bertz CT molecular complexity index is 658. The quantitative estimate of drug-likeness (QED) is 0.552. The summed E-state index contributed by atoms with van der Waals surface area (Å²) in [6.07, 6.45) is 9.09. The molecule has 0 atom stereocenters. The second kappa shape index (κ2) is 8.39. The molecule has 0 amide bonds. The molecular formula is C23H24. The van der Waals surface area contributed by atoms with E-state index in [0.29, 0.717) is 0 Å². The van der Waals surface area contributed by atoms with E-state index in [4.69, 9.17) is 0 Å². The maximum absolute atomic E-state index is 3.52. The molecule has 0 heteroatoms. The van der Waals surface area contributed by atoms with Gasteiger partial charge in [-0.05, 0) is 42.4 Å². The summed E-state index contributed by atoms with van der Waals surface area (Å²) in [6.45, 7) is 0. The van der Waals surface area contributed by atoms with Crippen molar-refractivity contribution in [3.8, 4) is 0 Å². The van der Waals surface area contributed by atoms with E-state index in [1.807, 2.05) is 0 Å².